The van der Waals surface area contributed by atoms with E-state index in [4.69, 9.17) is 5.73 Å². The fraction of sp³-hybridized carbons (Fsp3) is 0.188. The maximum absolute atomic E-state index is 13.6. The summed E-state index contributed by atoms with van der Waals surface area (Å²) in [6.07, 6.45) is 0.682. The first-order valence-electron chi connectivity index (χ1n) is 6.84. The van der Waals surface area contributed by atoms with E-state index >= 15 is 0 Å². The van der Waals surface area contributed by atoms with Crippen LogP contribution < -0.4 is 16.0 Å². The van der Waals surface area contributed by atoms with Crippen molar-refractivity contribution in [2.45, 2.75) is 12.5 Å². The number of nitrogens with two attached hydrogens (primary N) is 1. The highest BCUT2D eigenvalue weighted by molar-refractivity contribution is 6.02. The summed E-state index contributed by atoms with van der Waals surface area (Å²) >= 11 is 0. The SMILES string of the molecule is NC1CCN(C(=O)Nc2ccccc2F)c2ccccc21. The normalized spacial score (nSPS) is 17.2. The average molecular weight is 285 g/mol. The lowest BCUT2D eigenvalue weighted by Crippen LogP contribution is -2.41. The van der Waals surface area contributed by atoms with E-state index in [1.54, 1.807) is 17.0 Å². The van der Waals surface area contributed by atoms with Crippen molar-refractivity contribution in [1.82, 2.24) is 0 Å². The van der Waals surface area contributed by atoms with Gasteiger partial charge in [-0.25, -0.2) is 9.18 Å². The summed E-state index contributed by atoms with van der Waals surface area (Å²) < 4.78 is 13.6. The number of urea groups is 1. The fourth-order valence-corrected chi connectivity index (χ4v) is 2.55. The number of nitrogens with one attached hydrogen (secondary N) is 1. The summed E-state index contributed by atoms with van der Waals surface area (Å²) in [4.78, 5) is 14.0. The molecule has 1 atom stereocenters. The summed E-state index contributed by atoms with van der Waals surface area (Å²) in [7, 11) is 0. The molecule has 0 radical (unpaired) electrons. The fourth-order valence-electron chi connectivity index (χ4n) is 2.55. The second-order valence-corrected chi connectivity index (χ2v) is 5.02. The van der Waals surface area contributed by atoms with Crippen molar-refractivity contribution in [1.29, 1.82) is 0 Å². The molecule has 2 aromatic carbocycles. The van der Waals surface area contributed by atoms with Crippen LogP contribution in [-0.4, -0.2) is 12.6 Å². The predicted molar refractivity (Wildman–Crippen MR) is 80.8 cm³/mol. The number of amides is 2. The molecule has 0 aromatic heterocycles. The van der Waals surface area contributed by atoms with Gasteiger partial charge in [-0.2, -0.15) is 0 Å². The van der Waals surface area contributed by atoms with Crippen LogP contribution in [0.4, 0.5) is 20.6 Å². The number of benzene rings is 2. The van der Waals surface area contributed by atoms with Crippen molar-refractivity contribution in [3.05, 3.63) is 59.9 Å². The van der Waals surface area contributed by atoms with Crippen LogP contribution in [0.5, 0.6) is 0 Å². The number of nitrogens with zero attached hydrogens (tertiary/aromatic N) is 1. The summed E-state index contributed by atoms with van der Waals surface area (Å²) in [6, 6.07) is 13.2. The number of para-hydroxylation sites is 2. The molecule has 0 saturated carbocycles. The molecule has 1 aliphatic heterocycles. The molecule has 1 aliphatic rings. The lowest BCUT2D eigenvalue weighted by Gasteiger charge is -2.32. The Kier molecular flexibility index (Phi) is 3.58. The van der Waals surface area contributed by atoms with Crippen molar-refractivity contribution in [2.75, 3.05) is 16.8 Å². The molecule has 5 heteroatoms. The zero-order valence-corrected chi connectivity index (χ0v) is 11.4. The Labute approximate surface area is 122 Å². The van der Waals surface area contributed by atoms with Crippen LogP contribution in [0.1, 0.15) is 18.0 Å². The number of anilines is 2. The minimum absolute atomic E-state index is 0.0706. The van der Waals surface area contributed by atoms with Gasteiger partial charge in [-0.1, -0.05) is 30.3 Å². The van der Waals surface area contributed by atoms with E-state index < -0.39 is 5.82 Å². The minimum atomic E-state index is -0.451. The van der Waals surface area contributed by atoms with Gasteiger partial charge < -0.3 is 11.1 Å². The van der Waals surface area contributed by atoms with Crippen LogP contribution in [0, 0.1) is 5.82 Å². The number of rotatable bonds is 1. The van der Waals surface area contributed by atoms with Gasteiger partial charge in [0.1, 0.15) is 5.82 Å². The molecule has 4 nitrogen and oxygen atoms in total. The first-order chi connectivity index (χ1) is 10.2. The molecule has 1 heterocycles. The highest BCUT2D eigenvalue weighted by Crippen LogP contribution is 2.32. The number of hydrogen-bond acceptors (Lipinski definition) is 2. The quantitative estimate of drug-likeness (QED) is 0.845. The number of fused-ring (bicyclic) bond motifs is 1. The highest BCUT2D eigenvalue weighted by atomic mass is 19.1. The predicted octanol–water partition coefficient (Wildman–Crippen LogP) is 3.27. The highest BCUT2D eigenvalue weighted by Gasteiger charge is 2.26. The Bertz CT molecular complexity index is 674. The second kappa shape index (κ2) is 5.54. The second-order valence-electron chi connectivity index (χ2n) is 5.02. The number of hydrogen-bond donors (Lipinski definition) is 2. The van der Waals surface area contributed by atoms with E-state index in [-0.39, 0.29) is 17.8 Å². The van der Waals surface area contributed by atoms with Crippen molar-refractivity contribution >= 4 is 17.4 Å². The molecular weight excluding hydrogens is 269 g/mol. The van der Waals surface area contributed by atoms with Gasteiger partial charge in [0, 0.05) is 12.6 Å². The number of carbonyl (C=O) groups excluding carboxylic acids is 1. The summed E-state index contributed by atoms with van der Waals surface area (Å²) in [5, 5.41) is 2.61. The molecule has 21 heavy (non-hydrogen) atoms. The molecule has 1 unspecified atom stereocenters. The van der Waals surface area contributed by atoms with E-state index in [1.165, 1.54) is 12.1 Å². The van der Waals surface area contributed by atoms with Crippen LogP contribution in [-0.2, 0) is 0 Å². The maximum atomic E-state index is 13.6. The first kappa shape index (κ1) is 13.6. The Balaban J connectivity index is 1.86. The van der Waals surface area contributed by atoms with Gasteiger partial charge >= 0.3 is 6.03 Å². The Hall–Kier alpha value is -2.40. The van der Waals surface area contributed by atoms with Gasteiger partial charge in [-0.15, -0.1) is 0 Å². The molecule has 108 valence electrons. The molecule has 2 aromatic rings. The molecule has 0 aliphatic carbocycles. The molecule has 3 N–H and O–H groups in total. The maximum Gasteiger partial charge on any atom is 0.326 e. The van der Waals surface area contributed by atoms with Gasteiger partial charge in [0.05, 0.1) is 11.4 Å². The molecule has 3 rings (SSSR count). The lowest BCUT2D eigenvalue weighted by atomic mass is 9.97. The summed E-state index contributed by atoms with van der Waals surface area (Å²) in [6.45, 7) is 0.512. The van der Waals surface area contributed by atoms with Crippen LogP contribution in [0.2, 0.25) is 0 Å². The van der Waals surface area contributed by atoms with Gasteiger partial charge in [0.15, 0.2) is 0 Å². The van der Waals surface area contributed by atoms with Gasteiger partial charge in [0.25, 0.3) is 0 Å². The van der Waals surface area contributed by atoms with Crippen LogP contribution in [0.3, 0.4) is 0 Å². The van der Waals surface area contributed by atoms with E-state index in [9.17, 15) is 9.18 Å². The molecule has 2 amide bonds. The molecule has 0 bridgehead atoms. The average Bonchev–Trinajstić information content (AvgIpc) is 2.50. The Morgan fingerprint density at radius 2 is 1.90 bits per heavy atom. The third kappa shape index (κ3) is 2.60. The number of halogens is 1. The van der Waals surface area contributed by atoms with E-state index in [0.29, 0.717) is 13.0 Å². The topological polar surface area (TPSA) is 58.4 Å². The third-order valence-corrected chi connectivity index (χ3v) is 3.65. The molecular formula is C16H16FN3O. The van der Waals surface area contributed by atoms with Crippen molar-refractivity contribution in [2.24, 2.45) is 5.73 Å². The summed E-state index contributed by atoms with van der Waals surface area (Å²) in [5.41, 5.74) is 7.96. The van der Waals surface area contributed by atoms with Crippen molar-refractivity contribution in [3.8, 4) is 0 Å². The van der Waals surface area contributed by atoms with E-state index in [1.807, 2.05) is 24.3 Å². The Morgan fingerprint density at radius 1 is 1.19 bits per heavy atom. The van der Waals surface area contributed by atoms with Gasteiger partial charge in [0.2, 0.25) is 0 Å². The minimum Gasteiger partial charge on any atom is -0.324 e. The summed E-state index contributed by atoms with van der Waals surface area (Å²) in [5.74, 6) is -0.451. The van der Waals surface area contributed by atoms with Crippen LogP contribution in [0.15, 0.2) is 48.5 Å². The standard InChI is InChI=1S/C16H16FN3O/c17-12-6-2-3-7-14(12)19-16(21)20-10-9-13(18)11-5-1-4-8-15(11)20/h1-8,13H,9-10,18H2,(H,19,21). The van der Waals surface area contributed by atoms with Crippen LogP contribution in [0.25, 0.3) is 0 Å². The molecule has 0 saturated heterocycles. The third-order valence-electron chi connectivity index (χ3n) is 3.65. The van der Waals surface area contributed by atoms with Crippen molar-refractivity contribution < 1.29 is 9.18 Å². The van der Waals surface area contributed by atoms with Crippen molar-refractivity contribution in [3.63, 3.8) is 0 Å². The molecule has 0 fully saturated rings. The lowest BCUT2D eigenvalue weighted by molar-refractivity contribution is 0.256. The zero-order chi connectivity index (χ0) is 14.8. The van der Waals surface area contributed by atoms with E-state index in [0.717, 1.165) is 11.3 Å². The molecule has 0 spiro atoms. The van der Waals surface area contributed by atoms with Gasteiger partial charge in [-0.05, 0) is 30.2 Å². The zero-order valence-electron chi connectivity index (χ0n) is 11.4. The first-order valence-corrected chi connectivity index (χ1v) is 6.84. The monoisotopic (exact) mass is 285 g/mol. The smallest absolute Gasteiger partial charge is 0.324 e. The van der Waals surface area contributed by atoms with Gasteiger partial charge in [-0.3, -0.25) is 4.90 Å². The van der Waals surface area contributed by atoms with Crippen LogP contribution >= 0.6 is 0 Å². The van der Waals surface area contributed by atoms with E-state index in [2.05, 4.69) is 5.32 Å². The number of carbonyl (C=O) groups is 1. The largest absolute Gasteiger partial charge is 0.326 e. The Morgan fingerprint density at radius 3 is 2.71 bits per heavy atom.